The number of para-hydroxylation sites is 1. The number of guanidine groups is 1. The summed E-state index contributed by atoms with van der Waals surface area (Å²) in [6.07, 6.45) is 1.83. The molecule has 0 radical (unpaired) electrons. The fourth-order valence-electron chi connectivity index (χ4n) is 3.19. The van der Waals surface area contributed by atoms with Gasteiger partial charge in [0, 0.05) is 36.8 Å². The average Bonchev–Trinajstić information content (AvgIpc) is 2.72. The highest BCUT2D eigenvalue weighted by Crippen LogP contribution is 2.16. The van der Waals surface area contributed by atoms with Gasteiger partial charge in [0.25, 0.3) is 0 Å². The second-order valence-electron chi connectivity index (χ2n) is 7.20. The highest BCUT2D eigenvalue weighted by Gasteiger charge is 2.06. The van der Waals surface area contributed by atoms with Crippen molar-refractivity contribution in [2.45, 2.75) is 26.6 Å². The maximum Gasteiger partial charge on any atom is 0.191 e. The van der Waals surface area contributed by atoms with Crippen LogP contribution in [0.5, 0.6) is 0 Å². The van der Waals surface area contributed by atoms with Crippen LogP contribution in [0.1, 0.15) is 23.6 Å². The maximum atomic E-state index is 14.0. The molecule has 5 nitrogen and oxygen atoms in total. The first-order valence-corrected chi connectivity index (χ1v) is 9.83. The molecule has 0 saturated carbocycles. The van der Waals surface area contributed by atoms with E-state index in [0.29, 0.717) is 25.2 Å². The normalized spacial score (nSPS) is 11.8. The van der Waals surface area contributed by atoms with Crippen molar-refractivity contribution in [2.24, 2.45) is 4.99 Å². The number of aliphatic imine (C=N–C) groups is 1. The van der Waals surface area contributed by atoms with Crippen molar-refractivity contribution in [1.82, 2.24) is 20.5 Å². The zero-order valence-electron chi connectivity index (χ0n) is 17.2. The highest BCUT2D eigenvalue weighted by atomic mass is 19.1. The van der Waals surface area contributed by atoms with Gasteiger partial charge in [0.15, 0.2) is 5.96 Å². The summed E-state index contributed by atoms with van der Waals surface area (Å²) >= 11 is 0. The number of benzene rings is 2. The monoisotopic (exact) mass is 393 g/mol. The van der Waals surface area contributed by atoms with Gasteiger partial charge in [-0.2, -0.15) is 0 Å². The van der Waals surface area contributed by atoms with E-state index in [4.69, 9.17) is 0 Å². The first-order chi connectivity index (χ1) is 14.1. The number of nitrogens with one attached hydrogen (secondary N) is 2. The van der Waals surface area contributed by atoms with Crippen LogP contribution < -0.4 is 10.6 Å². The maximum absolute atomic E-state index is 14.0. The van der Waals surface area contributed by atoms with Crippen LogP contribution in [0.3, 0.4) is 0 Å². The number of pyridine rings is 1. The van der Waals surface area contributed by atoms with Crippen molar-refractivity contribution in [3.63, 3.8) is 0 Å². The minimum Gasteiger partial charge on any atom is -0.357 e. The fraction of sp³-hybridized carbons (Fsp3) is 0.304. The minimum atomic E-state index is -0.180. The van der Waals surface area contributed by atoms with Crippen molar-refractivity contribution < 1.29 is 4.39 Å². The van der Waals surface area contributed by atoms with E-state index in [1.807, 2.05) is 62.4 Å². The van der Waals surface area contributed by atoms with E-state index in [1.165, 1.54) is 6.07 Å². The molecule has 1 aromatic heterocycles. The largest absolute Gasteiger partial charge is 0.357 e. The molecule has 29 heavy (non-hydrogen) atoms. The lowest BCUT2D eigenvalue weighted by molar-refractivity contribution is 0.392. The Labute approximate surface area is 171 Å². The van der Waals surface area contributed by atoms with Gasteiger partial charge in [-0.15, -0.1) is 0 Å². The Kier molecular flexibility index (Phi) is 7.14. The average molecular weight is 394 g/mol. The molecule has 1 heterocycles. The molecule has 0 aliphatic rings. The van der Waals surface area contributed by atoms with E-state index < -0.39 is 0 Å². The summed E-state index contributed by atoms with van der Waals surface area (Å²) in [6.45, 7) is 4.48. The Balaban J connectivity index is 1.72. The Hall–Kier alpha value is -2.99. The summed E-state index contributed by atoms with van der Waals surface area (Å²) in [7, 11) is 3.86. The van der Waals surface area contributed by atoms with E-state index in [-0.39, 0.29) is 5.82 Å². The molecule has 0 saturated heterocycles. The van der Waals surface area contributed by atoms with Crippen molar-refractivity contribution in [3.8, 4) is 0 Å². The smallest absolute Gasteiger partial charge is 0.191 e. The predicted octanol–water partition coefficient (Wildman–Crippen LogP) is 3.69. The van der Waals surface area contributed by atoms with Crippen LogP contribution in [0.15, 0.2) is 59.7 Å². The van der Waals surface area contributed by atoms with Crippen molar-refractivity contribution >= 4 is 16.9 Å². The highest BCUT2D eigenvalue weighted by molar-refractivity contribution is 5.83. The summed E-state index contributed by atoms with van der Waals surface area (Å²) in [5.74, 6) is 0.549. The number of nitrogens with zero attached hydrogens (tertiary/aromatic N) is 3. The van der Waals surface area contributed by atoms with E-state index >= 15 is 0 Å². The topological polar surface area (TPSA) is 52.6 Å². The van der Waals surface area contributed by atoms with Gasteiger partial charge < -0.3 is 15.5 Å². The van der Waals surface area contributed by atoms with Crippen molar-refractivity contribution in [3.05, 3.63) is 77.2 Å². The molecule has 0 amide bonds. The molecule has 152 valence electrons. The Bertz CT molecular complexity index is 979. The molecule has 0 atom stereocenters. The van der Waals surface area contributed by atoms with Crippen LogP contribution in [0.25, 0.3) is 10.9 Å². The summed E-state index contributed by atoms with van der Waals surface area (Å²) < 4.78 is 14.0. The molecule has 0 spiro atoms. The van der Waals surface area contributed by atoms with Crippen LogP contribution in [-0.4, -0.2) is 36.5 Å². The van der Waals surface area contributed by atoms with Gasteiger partial charge in [0.2, 0.25) is 0 Å². The van der Waals surface area contributed by atoms with Crippen LogP contribution in [-0.2, 0) is 19.6 Å². The Morgan fingerprint density at radius 1 is 1.07 bits per heavy atom. The molecule has 0 bridgehead atoms. The molecular weight excluding hydrogens is 365 g/mol. The molecule has 0 aliphatic carbocycles. The second kappa shape index (κ2) is 9.98. The number of hydrogen-bond donors (Lipinski definition) is 2. The summed E-state index contributed by atoms with van der Waals surface area (Å²) in [6, 6.07) is 15.3. The van der Waals surface area contributed by atoms with Gasteiger partial charge in [-0.25, -0.2) is 9.38 Å². The van der Waals surface area contributed by atoms with Gasteiger partial charge in [-0.3, -0.25) is 4.98 Å². The standard InChI is InChI=1S/C23H28FN5/c1-4-25-23(27-14-17-9-10-21(24)19(13-17)16-29(2)3)28-15-18-11-12-26-22-8-6-5-7-20(18)22/h5-13H,4,14-16H2,1-3H3,(H2,25,27,28). The Morgan fingerprint density at radius 2 is 1.90 bits per heavy atom. The molecular formula is C23H28FN5. The third-order valence-electron chi connectivity index (χ3n) is 4.55. The predicted molar refractivity (Wildman–Crippen MR) is 117 cm³/mol. The van der Waals surface area contributed by atoms with Gasteiger partial charge in [0.05, 0.1) is 12.1 Å². The van der Waals surface area contributed by atoms with Crippen molar-refractivity contribution in [1.29, 1.82) is 0 Å². The number of fused-ring (bicyclic) bond motifs is 1. The Morgan fingerprint density at radius 3 is 2.69 bits per heavy atom. The quantitative estimate of drug-likeness (QED) is 0.475. The second-order valence-corrected chi connectivity index (χ2v) is 7.20. The van der Waals surface area contributed by atoms with E-state index in [9.17, 15) is 4.39 Å². The molecule has 2 aromatic carbocycles. The summed E-state index contributed by atoms with van der Waals surface area (Å²) in [4.78, 5) is 11.0. The lowest BCUT2D eigenvalue weighted by Gasteiger charge is -2.14. The van der Waals surface area contributed by atoms with Gasteiger partial charge >= 0.3 is 0 Å². The summed E-state index contributed by atoms with van der Waals surface area (Å²) in [5, 5.41) is 7.79. The number of aromatic nitrogens is 1. The van der Waals surface area contributed by atoms with Crippen LogP contribution >= 0.6 is 0 Å². The number of hydrogen-bond acceptors (Lipinski definition) is 3. The van der Waals surface area contributed by atoms with Crippen LogP contribution in [0, 0.1) is 5.82 Å². The van der Waals surface area contributed by atoms with Crippen LogP contribution in [0.2, 0.25) is 0 Å². The van der Waals surface area contributed by atoms with E-state index in [0.717, 1.165) is 34.5 Å². The zero-order chi connectivity index (χ0) is 20.6. The molecule has 0 unspecified atom stereocenters. The van der Waals surface area contributed by atoms with E-state index in [1.54, 1.807) is 6.07 Å². The first-order valence-electron chi connectivity index (χ1n) is 9.83. The van der Waals surface area contributed by atoms with E-state index in [2.05, 4.69) is 26.7 Å². The molecule has 6 heteroatoms. The fourth-order valence-corrected chi connectivity index (χ4v) is 3.19. The van der Waals surface area contributed by atoms with Crippen molar-refractivity contribution in [2.75, 3.05) is 20.6 Å². The lowest BCUT2D eigenvalue weighted by Crippen LogP contribution is -2.36. The van der Waals surface area contributed by atoms with Gasteiger partial charge in [0.1, 0.15) is 5.82 Å². The minimum absolute atomic E-state index is 0.180. The molecule has 2 N–H and O–H groups in total. The first kappa shape index (κ1) is 20.7. The van der Waals surface area contributed by atoms with Gasteiger partial charge in [-0.1, -0.05) is 24.3 Å². The molecule has 3 rings (SSSR count). The molecule has 0 aliphatic heterocycles. The summed E-state index contributed by atoms with van der Waals surface area (Å²) in [5.41, 5.74) is 3.81. The third kappa shape index (κ3) is 5.74. The zero-order valence-corrected chi connectivity index (χ0v) is 17.2. The lowest BCUT2D eigenvalue weighted by atomic mass is 10.1. The van der Waals surface area contributed by atoms with Gasteiger partial charge in [-0.05, 0) is 56.4 Å². The molecule has 3 aromatic rings. The SMILES string of the molecule is CCNC(=NCc1ccc(F)c(CN(C)C)c1)NCc1ccnc2ccccc12. The molecule has 0 fully saturated rings. The number of halogens is 1. The van der Waals surface area contributed by atoms with Crippen LogP contribution in [0.4, 0.5) is 4.39 Å². The number of rotatable bonds is 7. The third-order valence-corrected chi connectivity index (χ3v) is 4.55.